The Balaban J connectivity index is 2.94. The molecule has 1 amide bonds. The summed E-state index contributed by atoms with van der Waals surface area (Å²) < 4.78 is 68.2. The van der Waals surface area contributed by atoms with Crippen LogP contribution in [0.3, 0.4) is 0 Å². The zero-order valence-corrected chi connectivity index (χ0v) is 13.2. The summed E-state index contributed by atoms with van der Waals surface area (Å²) in [7, 11) is 2.39. The van der Waals surface area contributed by atoms with E-state index in [1.54, 1.807) is 25.1 Å². The maximum Gasteiger partial charge on any atom is 0.463 e. The van der Waals surface area contributed by atoms with Crippen LogP contribution in [0.2, 0.25) is 0 Å². The summed E-state index contributed by atoms with van der Waals surface area (Å²) in [5.74, 6) is -7.13. The number of hydrogen-bond acceptors (Lipinski definition) is 2. The number of halogens is 5. The standard InChI is InChI=1S/C15H18F5NO2/c1-9-5-6-12(23-4)8-11(9)7-10(2)21(3)13(22)14(16,17)15(18,19)20/h5-6,8,10H,7H2,1-4H3. The van der Waals surface area contributed by atoms with E-state index in [0.29, 0.717) is 16.2 Å². The number of aryl methyl sites for hydroxylation is 1. The second kappa shape index (κ2) is 6.72. The summed E-state index contributed by atoms with van der Waals surface area (Å²) in [5, 5.41) is 0. The maximum atomic E-state index is 13.1. The first-order chi connectivity index (χ1) is 10.4. The van der Waals surface area contributed by atoms with Crippen molar-refractivity contribution in [3.8, 4) is 5.75 Å². The molecule has 1 aromatic carbocycles. The highest BCUT2D eigenvalue weighted by Crippen LogP contribution is 2.37. The van der Waals surface area contributed by atoms with E-state index in [4.69, 9.17) is 4.74 Å². The summed E-state index contributed by atoms with van der Waals surface area (Å²) in [4.78, 5) is 11.9. The molecule has 3 nitrogen and oxygen atoms in total. The van der Waals surface area contributed by atoms with Crippen LogP contribution in [0.4, 0.5) is 22.0 Å². The van der Waals surface area contributed by atoms with E-state index in [-0.39, 0.29) is 6.42 Å². The van der Waals surface area contributed by atoms with Crippen molar-refractivity contribution in [2.24, 2.45) is 0 Å². The van der Waals surface area contributed by atoms with Gasteiger partial charge < -0.3 is 9.64 Å². The molecule has 130 valence electrons. The van der Waals surface area contributed by atoms with Gasteiger partial charge in [0.2, 0.25) is 0 Å². The van der Waals surface area contributed by atoms with Crippen molar-refractivity contribution in [1.29, 1.82) is 0 Å². The van der Waals surface area contributed by atoms with E-state index in [9.17, 15) is 26.7 Å². The van der Waals surface area contributed by atoms with Crippen molar-refractivity contribution in [2.75, 3.05) is 14.2 Å². The van der Waals surface area contributed by atoms with Crippen molar-refractivity contribution in [3.63, 3.8) is 0 Å². The first kappa shape index (κ1) is 19.2. The molecule has 0 fully saturated rings. The van der Waals surface area contributed by atoms with E-state index in [1.165, 1.54) is 14.0 Å². The normalized spacial score (nSPS) is 13.6. The molecule has 1 atom stereocenters. The molecule has 0 spiro atoms. The van der Waals surface area contributed by atoms with Crippen molar-refractivity contribution >= 4 is 5.91 Å². The number of methoxy groups -OCH3 is 1. The minimum atomic E-state index is -5.91. The predicted molar refractivity (Wildman–Crippen MR) is 74.7 cm³/mol. The number of carbonyl (C=O) groups is 1. The van der Waals surface area contributed by atoms with Crippen molar-refractivity contribution in [3.05, 3.63) is 29.3 Å². The molecule has 0 aliphatic heterocycles. The van der Waals surface area contributed by atoms with Crippen LogP contribution in [0.15, 0.2) is 18.2 Å². The smallest absolute Gasteiger partial charge is 0.463 e. The highest BCUT2D eigenvalue weighted by Gasteiger charge is 2.64. The fourth-order valence-electron chi connectivity index (χ4n) is 1.99. The molecular formula is C15H18F5NO2. The number of rotatable bonds is 5. The molecule has 0 saturated carbocycles. The first-order valence-electron chi connectivity index (χ1n) is 6.77. The Morgan fingerprint density at radius 3 is 2.30 bits per heavy atom. The number of alkyl halides is 5. The van der Waals surface area contributed by atoms with Gasteiger partial charge in [-0.2, -0.15) is 22.0 Å². The monoisotopic (exact) mass is 339 g/mol. The molecule has 1 unspecified atom stereocenters. The Kier molecular flexibility index (Phi) is 5.60. The number of amides is 1. The Hall–Kier alpha value is -1.86. The van der Waals surface area contributed by atoms with E-state index >= 15 is 0 Å². The van der Waals surface area contributed by atoms with Crippen molar-refractivity contribution in [1.82, 2.24) is 4.90 Å². The van der Waals surface area contributed by atoms with Crippen LogP contribution in [-0.4, -0.2) is 43.1 Å². The van der Waals surface area contributed by atoms with E-state index in [2.05, 4.69) is 0 Å². The van der Waals surface area contributed by atoms with Gasteiger partial charge in [-0.15, -0.1) is 0 Å². The quantitative estimate of drug-likeness (QED) is 0.768. The zero-order chi connectivity index (χ0) is 18.0. The molecular weight excluding hydrogens is 321 g/mol. The molecule has 0 heterocycles. The Labute approximate surface area is 131 Å². The fourth-order valence-corrected chi connectivity index (χ4v) is 1.99. The number of hydrogen-bond donors (Lipinski definition) is 0. The molecule has 0 N–H and O–H groups in total. The lowest BCUT2D eigenvalue weighted by Gasteiger charge is -2.30. The topological polar surface area (TPSA) is 29.5 Å². The van der Waals surface area contributed by atoms with Gasteiger partial charge in [-0.25, -0.2) is 0 Å². The summed E-state index contributed by atoms with van der Waals surface area (Å²) >= 11 is 0. The molecule has 1 aromatic rings. The fraction of sp³-hybridized carbons (Fsp3) is 0.533. The minimum absolute atomic E-state index is 0.124. The first-order valence-corrected chi connectivity index (χ1v) is 6.77. The van der Waals surface area contributed by atoms with Crippen LogP contribution in [-0.2, 0) is 11.2 Å². The Morgan fingerprint density at radius 2 is 1.83 bits per heavy atom. The van der Waals surface area contributed by atoms with Gasteiger partial charge in [-0.1, -0.05) is 6.07 Å². The van der Waals surface area contributed by atoms with Crippen LogP contribution in [0.5, 0.6) is 5.75 Å². The molecule has 0 bridgehead atoms. The average molecular weight is 339 g/mol. The second-order valence-electron chi connectivity index (χ2n) is 5.33. The van der Waals surface area contributed by atoms with Gasteiger partial charge in [-0.05, 0) is 43.5 Å². The van der Waals surface area contributed by atoms with Crippen molar-refractivity contribution in [2.45, 2.75) is 38.4 Å². The molecule has 0 aromatic heterocycles. The lowest BCUT2D eigenvalue weighted by atomic mass is 10.0. The summed E-state index contributed by atoms with van der Waals surface area (Å²) in [5.41, 5.74) is 1.52. The number of carbonyl (C=O) groups excluding carboxylic acids is 1. The Bertz CT molecular complexity index is 571. The summed E-state index contributed by atoms with van der Waals surface area (Å²) in [6.45, 7) is 3.18. The third-order valence-corrected chi connectivity index (χ3v) is 3.68. The Morgan fingerprint density at radius 1 is 1.26 bits per heavy atom. The van der Waals surface area contributed by atoms with Crippen molar-refractivity contribution < 1.29 is 31.5 Å². The van der Waals surface area contributed by atoms with E-state index < -0.39 is 24.0 Å². The highest BCUT2D eigenvalue weighted by atomic mass is 19.4. The highest BCUT2D eigenvalue weighted by molar-refractivity contribution is 5.84. The number of likely N-dealkylation sites (N-methyl/N-ethyl adjacent to an activating group) is 1. The lowest BCUT2D eigenvalue weighted by Crippen LogP contribution is -2.53. The maximum absolute atomic E-state index is 13.1. The molecule has 23 heavy (non-hydrogen) atoms. The molecule has 0 aliphatic rings. The summed E-state index contributed by atoms with van der Waals surface area (Å²) in [6.07, 6.45) is -5.79. The van der Waals surface area contributed by atoms with Gasteiger partial charge >= 0.3 is 18.0 Å². The van der Waals surface area contributed by atoms with E-state index in [1.807, 2.05) is 0 Å². The zero-order valence-electron chi connectivity index (χ0n) is 13.2. The van der Waals surface area contributed by atoms with Crippen LogP contribution >= 0.6 is 0 Å². The average Bonchev–Trinajstić information content (AvgIpc) is 2.46. The van der Waals surface area contributed by atoms with Crippen LogP contribution in [0, 0.1) is 6.92 Å². The molecule has 0 radical (unpaired) electrons. The summed E-state index contributed by atoms with van der Waals surface area (Å²) in [6, 6.07) is 4.26. The number of nitrogens with zero attached hydrogens (tertiary/aromatic N) is 1. The molecule has 0 saturated heterocycles. The number of benzene rings is 1. The third kappa shape index (κ3) is 4.11. The third-order valence-electron chi connectivity index (χ3n) is 3.68. The SMILES string of the molecule is COc1ccc(C)c(CC(C)N(C)C(=O)C(F)(F)C(F)(F)F)c1. The van der Waals surface area contributed by atoms with Crippen LogP contribution < -0.4 is 4.74 Å². The minimum Gasteiger partial charge on any atom is -0.497 e. The molecule has 1 rings (SSSR count). The van der Waals surface area contributed by atoms with Gasteiger partial charge in [0.15, 0.2) is 0 Å². The predicted octanol–water partition coefficient (Wildman–Crippen LogP) is 3.59. The molecule has 0 aliphatic carbocycles. The van der Waals surface area contributed by atoms with Gasteiger partial charge in [0.25, 0.3) is 0 Å². The van der Waals surface area contributed by atoms with E-state index in [0.717, 1.165) is 12.6 Å². The van der Waals surface area contributed by atoms with Gasteiger partial charge in [0.1, 0.15) is 5.75 Å². The lowest BCUT2D eigenvalue weighted by molar-refractivity contribution is -0.274. The van der Waals surface area contributed by atoms with Gasteiger partial charge in [0.05, 0.1) is 7.11 Å². The van der Waals surface area contributed by atoms with Crippen LogP contribution in [0.25, 0.3) is 0 Å². The second-order valence-corrected chi connectivity index (χ2v) is 5.33. The van der Waals surface area contributed by atoms with Gasteiger partial charge in [-0.3, -0.25) is 4.79 Å². The van der Waals surface area contributed by atoms with Crippen LogP contribution in [0.1, 0.15) is 18.1 Å². The van der Waals surface area contributed by atoms with Gasteiger partial charge in [0, 0.05) is 13.1 Å². The number of ether oxygens (including phenoxy) is 1. The largest absolute Gasteiger partial charge is 0.497 e. The molecule has 8 heteroatoms.